The van der Waals surface area contributed by atoms with Crippen LogP contribution in [0.25, 0.3) is 0 Å². The molecule has 10 heteroatoms. The molecule has 1 N–H and O–H groups in total. The number of carbonyl (C=O) groups excluding carboxylic acids is 3. The normalized spacial score (nSPS) is 28.0. The van der Waals surface area contributed by atoms with Gasteiger partial charge in [-0.1, -0.05) is 15.9 Å². The van der Waals surface area contributed by atoms with Crippen molar-refractivity contribution in [3.8, 4) is 0 Å². The predicted molar refractivity (Wildman–Crippen MR) is 86.9 cm³/mol. The Hall–Kier alpha value is -0.843. The molecule has 0 saturated carbocycles. The lowest BCUT2D eigenvalue weighted by atomic mass is 10.0. The first-order chi connectivity index (χ1) is 10.2. The minimum Gasteiger partial charge on any atom is -0.614 e. The Morgan fingerprint density at radius 2 is 2.23 bits per heavy atom. The molecule has 0 aromatic rings. The zero-order chi connectivity index (χ0) is 16.7. The lowest BCUT2D eigenvalue weighted by Crippen LogP contribution is -2.74. The van der Waals surface area contributed by atoms with Crippen LogP contribution in [0.4, 0.5) is 0 Å². The molecule has 0 aromatic carbocycles. The van der Waals surface area contributed by atoms with Gasteiger partial charge in [0, 0.05) is 10.9 Å². The Morgan fingerprint density at radius 3 is 2.73 bits per heavy atom. The van der Waals surface area contributed by atoms with Crippen LogP contribution in [0.15, 0.2) is 11.3 Å². The summed E-state index contributed by atoms with van der Waals surface area (Å²) in [6, 6.07) is -0.843. The van der Waals surface area contributed by atoms with E-state index < -0.39 is 42.8 Å². The summed E-state index contributed by atoms with van der Waals surface area (Å²) in [5.41, 5.74) is 0.744. The Morgan fingerprint density at radius 1 is 1.59 bits per heavy atom. The van der Waals surface area contributed by atoms with Crippen LogP contribution in [-0.2, 0) is 30.0 Å². The number of carbonyl (C=O) groups is 3. The number of β-lactam (4-membered cyclic amide) rings is 1. The van der Waals surface area contributed by atoms with Gasteiger partial charge in [-0.25, -0.2) is 4.79 Å². The van der Waals surface area contributed by atoms with E-state index in [1.165, 1.54) is 4.90 Å². The van der Waals surface area contributed by atoms with Crippen molar-refractivity contribution in [2.24, 2.45) is 0 Å². The lowest BCUT2D eigenvalue weighted by Gasteiger charge is -2.49. The number of nitrogens with zero attached hydrogens (tertiary/aromatic N) is 1. The van der Waals surface area contributed by atoms with E-state index in [4.69, 9.17) is 4.43 Å². The molecule has 1 fully saturated rings. The molecular formula is C12H17BrN2O5SSi. The van der Waals surface area contributed by atoms with Crippen LogP contribution in [0.5, 0.6) is 0 Å². The number of hydrogen-bond donors (Lipinski definition) is 1. The molecule has 122 valence electrons. The predicted octanol–water partition coefficient (Wildman–Crippen LogP) is 0.0587. The molecule has 0 aliphatic carbocycles. The number of fused-ring (bicyclic) bond motifs is 1. The zero-order valence-electron chi connectivity index (χ0n) is 12.4. The molecule has 3 atom stereocenters. The first-order valence-electron chi connectivity index (χ1n) is 6.62. The molecular weight excluding hydrogens is 392 g/mol. The first kappa shape index (κ1) is 17.5. The fourth-order valence-electron chi connectivity index (χ4n) is 2.36. The van der Waals surface area contributed by atoms with E-state index in [1.807, 2.05) is 19.6 Å². The van der Waals surface area contributed by atoms with Crippen LogP contribution >= 0.6 is 15.9 Å². The monoisotopic (exact) mass is 408 g/mol. The smallest absolute Gasteiger partial charge is 0.342 e. The highest BCUT2D eigenvalue weighted by Crippen LogP contribution is 2.37. The lowest BCUT2D eigenvalue weighted by molar-refractivity contribution is -0.149. The third kappa shape index (κ3) is 3.10. The molecule has 1 saturated heterocycles. The number of alkyl halides is 1. The molecule has 2 aliphatic heterocycles. The molecule has 0 bridgehead atoms. The Labute approximate surface area is 140 Å². The Kier molecular flexibility index (Phi) is 5.05. The molecule has 22 heavy (non-hydrogen) atoms. The van der Waals surface area contributed by atoms with Crippen molar-refractivity contribution in [2.75, 3.05) is 11.1 Å². The van der Waals surface area contributed by atoms with Crippen molar-refractivity contribution in [2.45, 2.75) is 31.1 Å². The average molecular weight is 409 g/mol. The summed E-state index contributed by atoms with van der Waals surface area (Å²) in [4.78, 5) is 36.4. The van der Waals surface area contributed by atoms with Gasteiger partial charge in [0.1, 0.15) is 11.4 Å². The molecule has 2 unspecified atom stereocenters. The summed E-state index contributed by atoms with van der Waals surface area (Å²) in [6.45, 7) is 5.60. The molecule has 2 amide bonds. The summed E-state index contributed by atoms with van der Waals surface area (Å²) in [5.74, 6) is -0.827. The van der Waals surface area contributed by atoms with E-state index in [0.717, 1.165) is 0 Å². The quantitative estimate of drug-likeness (QED) is 0.228. The summed E-state index contributed by atoms with van der Waals surface area (Å²) < 4.78 is 17.8. The fraction of sp³-hybridized carbons (Fsp3) is 0.583. The number of rotatable bonds is 5. The van der Waals surface area contributed by atoms with Crippen LogP contribution in [0.3, 0.4) is 0 Å². The molecule has 0 aromatic heterocycles. The first-order valence-corrected chi connectivity index (χ1v) is 12.5. The third-order valence-electron chi connectivity index (χ3n) is 3.21. The van der Waals surface area contributed by atoms with Crippen molar-refractivity contribution in [1.82, 2.24) is 10.2 Å². The highest BCUT2D eigenvalue weighted by Gasteiger charge is 2.60. The van der Waals surface area contributed by atoms with E-state index >= 15 is 0 Å². The van der Waals surface area contributed by atoms with Crippen molar-refractivity contribution in [3.63, 3.8) is 0 Å². The van der Waals surface area contributed by atoms with Crippen LogP contribution in [0.2, 0.25) is 19.6 Å². The molecule has 0 radical (unpaired) electrons. The van der Waals surface area contributed by atoms with Gasteiger partial charge in [0.25, 0.3) is 5.91 Å². The molecule has 7 nitrogen and oxygen atoms in total. The molecule has 2 rings (SSSR count). The third-order valence-corrected chi connectivity index (χ3v) is 6.34. The number of amides is 2. The van der Waals surface area contributed by atoms with Gasteiger partial charge in [-0.05, 0) is 30.8 Å². The second-order valence-electron chi connectivity index (χ2n) is 5.97. The van der Waals surface area contributed by atoms with Crippen LogP contribution in [-0.4, -0.2) is 58.6 Å². The van der Waals surface area contributed by atoms with Gasteiger partial charge in [0.15, 0.2) is 6.04 Å². The Balaban J connectivity index is 2.35. The number of halogens is 1. The van der Waals surface area contributed by atoms with Gasteiger partial charge in [-0.2, -0.15) is 0 Å². The minimum absolute atomic E-state index is 0.165. The van der Waals surface area contributed by atoms with Crippen LogP contribution in [0, 0.1) is 0 Å². The van der Waals surface area contributed by atoms with Crippen molar-refractivity contribution in [3.05, 3.63) is 11.3 Å². The maximum atomic E-state index is 12.4. The van der Waals surface area contributed by atoms with E-state index in [9.17, 15) is 18.9 Å². The van der Waals surface area contributed by atoms with Crippen molar-refractivity contribution < 1.29 is 23.4 Å². The van der Waals surface area contributed by atoms with Gasteiger partial charge in [0.2, 0.25) is 20.1 Å². The van der Waals surface area contributed by atoms with E-state index in [1.54, 1.807) is 0 Å². The molecule has 2 heterocycles. The highest BCUT2D eigenvalue weighted by atomic mass is 79.9. The van der Waals surface area contributed by atoms with Gasteiger partial charge in [-0.15, -0.1) is 0 Å². The topological polar surface area (TPSA) is 98.8 Å². The number of nitrogens with one attached hydrogen (secondary N) is 1. The van der Waals surface area contributed by atoms with Crippen LogP contribution < -0.4 is 5.32 Å². The van der Waals surface area contributed by atoms with E-state index in [-0.39, 0.29) is 11.4 Å². The van der Waals surface area contributed by atoms with Gasteiger partial charge in [0.05, 0.1) is 0 Å². The van der Waals surface area contributed by atoms with Crippen molar-refractivity contribution in [1.29, 1.82) is 0 Å². The maximum absolute atomic E-state index is 12.4. The van der Waals surface area contributed by atoms with Crippen LogP contribution in [0.1, 0.15) is 0 Å². The fourth-order valence-corrected chi connectivity index (χ4v) is 5.44. The van der Waals surface area contributed by atoms with E-state index in [2.05, 4.69) is 21.2 Å². The zero-order valence-corrected chi connectivity index (χ0v) is 15.8. The van der Waals surface area contributed by atoms with E-state index in [0.29, 0.717) is 17.3 Å². The number of hydrogen-bond acceptors (Lipinski definition) is 5. The summed E-state index contributed by atoms with van der Waals surface area (Å²) in [5, 5.41) is 1.99. The molecule has 0 spiro atoms. The van der Waals surface area contributed by atoms with Gasteiger partial charge in [-0.3, -0.25) is 14.5 Å². The Bertz CT molecular complexity index is 550. The standard InChI is InChI=1S/C12H17BrN2O5SSi/c1-22(2,3)20-12(18)9-7(4-13)5-21(19)11-8(14-6-16)10(17)15(9)11/h6,8,11H,4-5H2,1-3H3,(H,14,16)/t8?,11-,21?/m1/s1. The summed E-state index contributed by atoms with van der Waals surface area (Å²) in [7, 11) is -2.13. The minimum atomic E-state index is -2.13. The second kappa shape index (κ2) is 6.34. The maximum Gasteiger partial charge on any atom is 0.342 e. The van der Waals surface area contributed by atoms with Gasteiger partial charge >= 0.3 is 5.97 Å². The van der Waals surface area contributed by atoms with Gasteiger partial charge < -0.3 is 14.3 Å². The van der Waals surface area contributed by atoms with Crippen molar-refractivity contribution >= 4 is 53.7 Å². The largest absolute Gasteiger partial charge is 0.614 e. The molecule has 2 aliphatic rings. The summed E-state index contributed by atoms with van der Waals surface area (Å²) in [6.07, 6.45) is 0.404. The SMILES string of the molecule is C[Si](C)(C)OC(=O)C1=C(CBr)C[S+]([O-])[C@@H]2C(NC=O)C(=O)N12. The average Bonchev–Trinajstić information content (AvgIpc) is 2.41. The second-order valence-corrected chi connectivity index (χ2v) is 12.5. The summed E-state index contributed by atoms with van der Waals surface area (Å²) >= 11 is 1.89. The highest BCUT2D eigenvalue weighted by molar-refractivity contribution is 9.09.